The molecular weight excluding hydrogens is 286 g/mol. The molecule has 1 aromatic carbocycles. The zero-order chi connectivity index (χ0) is 15.5. The lowest BCUT2D eigenvalue weighted by Gasteiger charge is -2.28. The van der Waals surface area contributed by atoms with E-state index in [1.165, 1.54) is 12.5 Å². The van der Waals surface area contributed by atoms with Crippen molar-refractivity contribution in [3.63, 3.8) is 0 Å². The fourth-order valence-corrected chi connectivity index (χ4v) is 3.91. The van der Waals surface area contributed by atoms with Gasteiger partial charge in [0.15, 0.2) is 0 Å². The van der Waals surface area contributed by atoms with Gasteiger partial charge in [-0.1, -0.05) is 30.5 Å². The van der Waals surface area contributed by atoms with Gasteiger partial charge in [0.25, 0.3) is 0 Å². The van der Waals surface area contributed by atoms with Crippen molar-refractivity contribution < 1.29 is 14.7 Å². The fourth-order valence-electron chi connectivity index (χ4n) is 2.54. The molecule has 0 bridgehead atoms. The van der Waals surface area contributed by atoms with Gasteiger partial charge in [-0.15, -0.1) is 11.8 Å². The Balaban J connectivity index is 2.14. The maximum Gasteiger partial charge on any atom is 0.325 e. The van der Waals surface area contributed by atoms with Gasteiger partial charge in [-0.2, -0.15) is 0 Å². The van der Waals surface area contributed by atoms with Gasteiger partial charge in [0.05, 0.1) is 4.75 Å². The Morgan fingerprint density at radius 2 is 1.81 bits per heavy atom. The van der Waals surface area contributed by atoms with E-state index in [4.69, 9.17) is 5.11 Å². The van der Waals surface area contributed by atoms with Crippen molar-refractivity contribution in [3.05, 3.63) is 29.8 Å². The molecule has 0 saturated heterocycles. The summed E-state index contributed by atoms with van der Waals surface area (Å²) >= 11 is 1.56. The highest BCUT2D eigenvalue weighted by Crippen LogP contribution is 2.45. The van der Waals surface area contributed by atoms with E-state index < -0.39 is 16.8 Å². The van der Waals surface area contributed by atoms with Gasteiger partial charge in [-0.3, -0.25) is 9.59 Å². The zero-order valence-corrected chi connectivity index (χ0v) is 13.2. The molecule has 1 aromatic rings. The summed E-state index contributed by atoms with van der Waals surface area (Å²) in [7, 11) is 0. The predicted molar refractivity (Wildman–Crippen MR) is 83.5 cm³/mol. The van der Waals surface area contributed by atoms with Crippen LogP contribution in [0.3, 0.4) is 0 Å². The summed E-state index contributed by atoms with van der Waals surface area (Å²) in [6.45, 7) is 3.53. The normalized spacial score (nSPS) is 18.2. The van der Waals surface area contributed by atoms with Crippen LogP contribution in [-0.4, -0.2) is 27.8 Å². The minimum absolute atomic E-state index is 0.152. The lowest BCUT2D eigenvalue weighted by atomic mass is 10.1. The van der Waals surface area contributed by atoms with Crippen LogP contribution in [0.2, 0.25) is 0 Å². The summed E-state index contributed by atoms with van der Waals surface area (Å²) in [6, 6.07) is 7.25. The number of rotatable bonds is 5. The van der Waals surface area contributed by atoms with Crippen LogP contribution in [0.4, 0.5) is 0 Å². The third kappa shape index (κ3) is 3.79. The van der Waals surface area contributed by atoms with Gasteiger partial charge in [-0.25, -0.2) is 0 Å². The first kappa shape index (κ1) is 15.9. The second kappa shape index (κ2) is 6.52. The van der Waals surface area contributed by atoms with E-state index in [2.05, 4.69) is 5.32 Å². The molecule has 1 aliphatic carbocycles. The molecule has 0 radical (unpaired) electrons. The Bertz CT molecular complexity index is 521. The van der Waals surface area contributed by atoms with E-state index in [0.29, 0.717) is 0 Å². The summed E-state index contributed by atoms with van der Waals surface area (Å²) in [4.78, 5) is 24.5. The molecule has 0 spiro atoms. The first-order valence-electron chi connectivity index (χ1n) is 7.22. The minimum atomic E-state index is -1.00. The monoisotopic (exact) mass is 307 g/mol. The topological polar surface area (TPSA) is 66.4 Å². The van der Waals surface area contributed by atoms with Crippen LogP contribution < -0.4 is 5.32 Å². The molecule has 1 amide bonds. The van der Waals surface area contributed by atoms with Gasteiger partial charge >= 0.3 is 5.97 Å². The number of benzene rings is 1. The molecule has 1 saturated carbocycles. The number of carbonyl (C=O) groups excluding carboxylic acids is 1. The number of amides is 1. The number of carboxylic acid groups (broad SMARTS) is 1. The average molecular weight is 307 g/mol. The van der Waals surface area contributed by atoms with Crippen LogP contribution >= 0.6 is 11.8 Å². The molecule has 0 aromatic heterocycles. The largest absolute Gasteiger partial charge is 0.480 e. The van der Waals surface area contributed by atoms with Crippen molar-refractivity contribution >= 4 is 23.6 Å². The van der Waals surface area contributed by atoms with Gasteiger partial charge in [0.1, 0.15) is 6.04 Å². The number of aliphatic carboxylic acids is 1. The van der Waals surface area contributed by atoms with E-state index in [-0.39, 0.29) is 5.91 Å². The lowest BCUT2D eigenvalue weighted by Crippen LogP contribution is -2.48. The predicted octanol–water partition coefficient (Wildman–Crippen LogP) is 2.99. The number of carboxylic acids is 1. The van der Waals surface area contributed by atoms with Crippen molar-refractivity contribution in [2.75, 3.05) is 0 Å². The molecule has 4 nitrogen and oxygen atoms in total. The number of hydrogen-bond donors (Lipinski definition) is 2. The van der Waals surface area contributed by atoms with Crippen LogP contribution in [0.25, 0.3) is 0 Å². The van der Waals surface area contributed by atoms with Gasteiger partial charge in [-0.05, 0) is 38.8 Å². The maximum absolute atomic E-state index is 12.6. The van der Waals surface area contributed by atoms with Crippen molar-refractivity contribution in [2.45, 2.75) is 55.2 Å². The average Bonchev–Trinajstić information content (AvgIpc) is 2.91. The minimum Gasteiger partial charge on any atom is -0.480 e. The van der Waals surface area contributed by atoms with E-state index in [0.717, 1.165) is 30.6 Å². The summed E-state index contributed by atoms with van der Waals surface area (Å²) < 4.78 is -0.529. The maximum atomic E-state index is 12.6. The zero-order valence-electron chi connectivity index (χ0n) is 12.4. The molecule has 1 fully saturated rings. The SMILES string of the molecule is Cc1ccc(SC2(C(=O)N[C@H](C)C(=O)O)CCCC2)cc1. The standard InChI is InChI=1S/C16H21NO3S/c1-11-5-7-13(8-6-11)21-16(9-3-4-10-16)15(20)17-12(2)14(18)19/h5-8,12H,3-4,9-10H2,1-2H3,(H,17,20)(H,18,19)/t12-/m1/s1. The molecule has 1 aliphatic rings. The highest BCUT2D eigenvalue weighted by Gasteiger charge is 2.43. The Morgan fingerprint density at radius 3 is 2.33 bits per heavy atom. The Morgan fingerprint density at radius 1 is 1.24 bits per heavy atom. The first-order valence-corrected chi connectivity index (χ1v) is 8.04. The molecule has 0 heterocycles. The van der Waals surface area contributed by atoms with Crippen molar-refractivity contribution in [1.29, 1.82) is 0 Å². The molecule has 2 N–H and O–H groups in total. The third-order valence-electron chi connectivity index (χ3n) is 3.88. The van der Waals surface area contributed by atoms with E-state index in [1.54, 1.807) is 11.8 Å². The highest BCUT2D eigenvalue weighted by molar-refractivity contribution is 8.01. The fraction of sp³-hybridized carbons (Fsp3) is 0.500. The Labute approximate surface area is 129 Å². The summed E-state index contributed by atoms with van der Waals surface area (Å²) in [5.74, 6) is -1.16. The van der Waals surface area contributed by atoms with Crippen LogP contribution in [0.5, 0.6) is 0 Å². The lowest BCUT2D eigenvalue weighted by molar-refractivity contribution is -0.141. The molecule has 0 unspecified atom stereocenters. The van der Waals surface area contributed by atoms with E-state index in [1.807, 2.05) is 31.2 Å². The number of carbonyl (C=O) groups is 2. The van der Waals surface area contributed by atoms with E-state index >= 15 is 0 Å². The number of nitrogens with one attached hydrogen (secondary N) is 1. The number of aryl methyl sites for hydroxylation is 1. The third-order valence-corrected chi connectivity index (χ3v) is 5.37. The van der Waals surface area contributed by atoms with Crippen LogP contribution in [0.1, 0.15) is 38.2 Å². The van der Waals surface area contributed by atoms with E-state index in [9.17, 15) is 9.59 Å². The molecule has 5 heteroatoms. The summed E-state index contributed by atoms with van der Waals surface area (Å²) in [5, 5.41) is 11.6. The first-order chi connectivity index (χ1) is 9.93. The van der Waals surface area contributed by atoms with Crippen LogP contribution in [-0.2, 0) is 9.59 Å². The van der Waals surface area contributed by atoms with Crippen molar-refractivity contribution in [3.8, 4) is 0 Å². The Kier molecular flexibility index (Phi) is 4.93. The second-order valence-corrected chi connectivity index (χ2v) is 7.11. The summed E-state index contributed by atoms with van der Waals surface area (Å²) in [5.41, 5.74) is 1.18. The van der Waals surface area contributed by atoms with Crippen LogP contribution in [0.15, 0.2) is 29.2 Å². The molecule has 2 rings (SSSR count). The molecule has 114 valence electrons. The molecular formula is C16H21NO3S. The number of thioether (sulfide) groups is 1. The van der Waals surface area contributed by atoms with Crippen molar-refractivity contribution in [1.82, 2.24) is 5.32 Å². The van der Waals surface area contributed by atoms with Gasteiger partial charge in [0.2, 0.25) is 5.91 Å². The molecule has 1 atom stereocenters. The van der Waals surface area contributed by atoms with Gasteiger partial charge < -0.3 is 10.4 Å². The van der Waals surface area contributed by atoms with Crippen LogP contribution in [0, 0.1) is 6.92 Å². The molecule has 21 heavy (non-hydrogen) atoms. The summed E-state index contributed by atoms with van der Waals surface area (Å²) in [6.07, 6.45) is 3.61. The quantitative estimate of drug-likeness (QED) is 0.877. The smallest absolute Gasteiger partial charge is 0.325 e. The van der Waals surface area contributed by atoms with Gasteiger partial charge in [0, 0.05) is 4.90 Å². The second-order valence-electron chi connectivity index (χ2n) is 5.65. The molecule has 0 aliphatic heterocycles. The number of hydrogen-bond acceptors (Lipinski definition) is 3. The highest BCUT2D eigenvalue weighted by atomic mass is 32.2. The van der Waals surface area contributed by atoms with Crippen molar-refractivity contribution in [2.24, 2.45) is 0 Å². The Hall–Kier alpha value is -1.49.